The summed E-state index contributed by atoms with van der Waals surface area (Å²) in [6.45, 7) is 3.76. The lowest BCUT2D eigenvalue weighted by Gasteiger charge is -2.13. The first-order valence-electron chi connectivity index (χ1n) is 5.92. The van der Waals surface area contributed by atoms with Gasteiger partial charge in [0.25, 0.3) is 0 Å². The zero-order chi connectivity index (χ0) is 13.1. The molecule has 2 aromatic rings. The Morgan fingerprint density at radius 3 is 2.50 bits per heavy atom. The number of carboxylic acids is 1. The number of carbonyl (C=O) groups is 1. The molecule has 4 heteroatoms. The molecule has 94 valence electrons. The van der Waals surface area contributed by atoms with E-state index in [-0.39, 0.29) is 5.92 Å². The van der Waals surface area contributed by atoms with Crippen LogP contribution in [0.5, 0.6) is 0 Å². The van der Waals surface area contributed by atoms with Crippen LogP contribution in [-0.4, -0.2) is 21.0 Å². The van der Waals surface area contributed by atoms with Crippen molar-refractivity contribution in [3.05, 3.63) is 42.4 Å². The molecule has 0 saturated carbocycles. The Hall–Kier alpha value is -2.10. The van der Waals surface area contributed by atoms with Gasteiger partial charge in [-0.05, 0) is 11.5 Å². The van der Waals surface area contributed by atoms with Crippen LogP contribution in [0.3, 0.4) is 0 Å². The van der Waals surface area contributed by atoms with Crippen LogP contribution >= 0.6 is 0 Å². The molecule has 1 aromatic carbocycles. The van der Waals surface area contributed by atoms with Gasteiger partial charge in [0.15, 0.2) is 0 Å². The van der Waals surface area contributed by atoms with Crippen LogP contribution in [0.15, 0.2) is 36.5 Å². The Bertz CT molecular complexity index is 532. The van der Waals surface area contributed by atoms with E-state index in [4.69, 9.17) is 0 Å². The van der Waals surface area contributed by atoms with Crippen molar-refractivity contribution >= 4 is 5.97 Å². The summed E-state index contributed by atoms with van der Waals surface area (Å²) in [5.41, 5.74) is 1.85. The summed E-state index contributed by atoms with van der Waals surface area (Å²) >= 11 is 0. The van der Waals surface area contributed by atoms with Crippen molar-refractivity contribution in [1.82, 2.24) is 9.97 Å². The predicted octanol–water partition coefficient (Wildman–Crippen LogP) is 2.90. The van der Waals surface area contributed by atoms with Crippen molar-refractivity contribution in [3.63, 3.8) is 0 Å². The number of carboxylic acid groups (broad SMARTS) is 1. The van der Waals surface area contributed by atoms with Gasteiger partial charge < -0.3 is 10.1 Å². The van der Waals surface area contributed by atoms with E-state index in [2.05, 4.69) is 9.97 Å². The lowest BCUT2D eigenvalue weighted by Crippen LogP contribution is -2.18. The van der Waals surface area contributed by atoms with Gasteiger partial charge in [-0.25, -0.2) is 4.98 Å². The van der Waals surface area contributed by atoms with Crippen LogP contribution in [0.25, 0.3) is 11.3 Å². The Morgan fingerprint density at radius 2 is 1.94 bits per heavy atom. The maximum atomic E-state index is 11.2. The molecule has 0 bridgehead atoms. The van der Waals surface area contributed by atoms with Crippen LogP contribution in [0.2, 0.25) is 0 Å². The van der Waals surface area contributed by atoms with Gasteiger partial charge in [0.05, 0.1) is 11.9 Å². The molecule has 2 N–H and O–H groups in total. The average Bonchev–Trinajstić information content (AvgIpc) is 2.78. The fourth-order valence-electron chi connectivity index (χ4n) is 1.98. The van der Waals surface area contributed by atoms with Gasteiger partial charge in [0.2, 0.25) is 0 Å². The molecule has 0 saturated heterocycles. The number of hydrogen-bond acceptors (Lipinski definition) is 2. The standard InChI is InChI=1S/C14H16N2O2/c1-9(2)12(14(17)18)13-15-8-11(16-13)10-6-4-3-5-7-10/h3-9,12H,1-2H3,(H,15,16)(H,17,18). The molecule has 1 unspecified atom stereocenters. The van der Waals surface area contributed by atoms with Crippen LogP contribution < -0.4 is 0 Å². The quantitative estimate of drug-likeness (QED) is 0.869. The third kappa shape index (κ3) is 2.42. The van der Waals surface area contributed by atoms with E-state index in [0.717, 1.165) is 11.3 Å². The van der Waals surface area contributed by atoms with Gasteiger partial charge in [-0.15, -0.1) is 0 Å². The number of aliphatic carboxylic acids is 1. The monoisotopic (exact) mass is 244 g/mol. The number of aromatic amines is 1. The minimum absolute atomic E-state index is 0.00252. The number of nitrogens with one attached hydrogen (secondary N) is 1. The summed E-state index contributed by atoms with van der Waals surface area (Å²) in [5, 5.41) is 9.22. The summed E-state index contributed by atoms with van der Waals surface area (Å²) in [6, 6.07) is 9.74. The van der Waals surface area contributed by atoms with E-state index in [1.165, 1.54) is 0 Å². The van der Waals surface area contributed by atoms with Crippen LogP contribution in [0.1, 0.15) is 25.6 Å². The Kier molecular flexibility index (Phi) is 3.46. The number of imidazole rings is 1. The number of nitrogens with zero attached hydrogens (tertiary/aromatic N) is 1. The third-order valence-electron chi connectivity index (χ3n) is 2.91. The van der Waals surface area contributed by atoms with Gasteiger partial charge in [-0.1, -0.05) is 44.2 Å². The number of aromatic nitrogens is 2. The zero-order valence-corrected chi connectivity index (χ0v) is 10.4. The van der Waals surface area contributed by atoms with Gasteiger partial charge in [0, 0.05) is 0 Å². The molecule has 2 rings (SSSR count). The van der Waals surface area contributed by atoms with E-state index >= 15 is 0 Å². The molecule has 0 spiro atoms. The number of H-pyrrole nitrogens is 1. The van der Waals surface area contributed by atoms with Crippen molar-refractivity contribution < 1.29 is 9.90 Å². The van der Waals surface area contributed by atoms with Gasteiger partial charge in [-0.2, -0.15) is 0 Å². The van der Waals surface area contributed by atoms with Gasteiger partial charge in [0.1, 0.15) is 11.7 Å². The normalized spacial score (nSPS) is 12.6. The summed E-state index contributed by atoms with van der Waals surface area (Å²) in [7, 11) is 0. The van der Waals surface area contributed by atoms with E-state index in [9.17, 15) is 9.90 Å². The highest BCUT2D eigenvalue weighted by Crippen LogP contribution is 2.25. The van der Waals surface area contributed by atoms with Crippen molar-refractivity contribution in [2.24, 2.45) is 5.92 Å². The molecular formula is C14H16N2O2. The second kappa shape index (κ2) is 5.04. The molecule has 1 atom stereocenters. The van der Waals surface area contributed by atoms with Gasteiger partial charge in [-0.3, -0.25) is 4.79 Å². The third-order valence-corrected chi connectivity index (χ3v) is 2.91. The molecule has 0 aliphatic heterocycles. The molecule has 0 aliphatic carbocycles. The second-order valence-electron chi connectivity index (χ2n) is 4.61. The minimum Gasteiger partial charge on any atom is -0.481 e. The second-order valence-corrected chi connectivity index (χ2v) is 4.61. The average molecular weight is 244 g/mol. The molecule has 4 nitrogen and oxygen atoms in total. The largest absolute Gasteiger partial charge is 0.481 e. The molecule has 0 amide bonds. The topological polar surface area (TPSA) is 66.0 Å². The zero-order valence-electron chi connectivity index (χ0n) is 10.4. The highest BCUT2D eigenvalue weighted by molar-refractivity contribution is 5.75. The summed E-state index contributed by atoms with van der Waals surface area (Å²) in [6.07, 6.45) is 1.68. The highest BCUT2D eigenvalue weighted by Gasteiger charge is 2.26. The first-order valence-corrected chi connectivity index (χ1v) is 5.92. The molecule has 0 fully saturated rings. The lowest BCUT2D eigenvalue weighted by atomic mass is 9.95. The van der Waals surface area contributed by atoms with E-state index < -0.39 is 11.9 Å². The van der Waals surface area contributed by atoms with E-state index in [1.807, 2.05) is 44.2 Å². The lowest BCUT2D eigenvalue weighted by molar-refractivity contribution is -0.140. The van der Waals surface area contributed by atoms with Crippen molar-refractivity contribution in [2.45, 2.75) is 19.8 Å². The maximum absolute atomic E-state index is 11.2. The fourth-order valence-corrected chi connectivity index (χ4v) is 1.98. The fraction of sp³-hybridized carbons (Fsp3) is 0.286. The van der Waals surface area contributed by atoms with Crippen LogP contribution in [0.4, 0.5) is 0 Å². The molecule has 1 aromatic heterocycles. The maximum Gasteiger partial charge on any atom is 0.314 e. The first-order chi connectivity index (χ1) is 8.59. The highest BCUT2D eigenvalue weighted by atomic mass is 16.4. The summed E-state index contributed by atoms with van der Waals surface area (Å²) < 4.78 is 0. The Balaban J connectivity index is 2.33. The van der Waals surface area contributed by atoms with Crippen LogP contribution in [-0.2, 0) is 4.79 Å². The summed E-state index contributed by atoms with van der Waals surface area (Å²) in [4.78, 5) is 18.5. The Morgan fingerprint density at radius 1 is 1.28 bits per heavy atom. The first kappa shape index (κ1) is 12.4. The van der Waals surface area contributed by atoms with E-state index in [1.54, 1.807) is 6.20 Å². The molecule has 18 heavy (non-hydrogen) atoms. The van der Waals surface area contributed by atoms with Gasteiger partial charge >= 0.3 is 5.97 Å². The number of hydrogen-bond donors (Lipinski definition) is 2. The number of benzene rings is 1. The Labute approximate surface area is 106 Å². The predicted molar refractivity (Wildman–Crippen MR) is 69.2 cm³/mol. The van der Waals surface area contributed by atoms with E-state index in [0.29, 0.717) is 5.82 Å². The van der Waals surface area contributed by atoms with Crippen molar-refractivity contribution in [3.8, 4) is 11.3 Å². The smallest absolute Gasteiger partial charge is 0.314 e. The minimum atomic E-state index is -0.848. The van der Waals surface area contributed by atoms with Crippen molar-refractivity contribution in [1.29, 1.82) is 0 Å². The molecule has 0 radical (unpaired) electrons. The van der Waals surface area contributed by atoms with Crippen molar-refractivity contribution in [2.75, 3.05) is 0 Å². The molecular weight excluding hydrogens is 228 g/mol. The molecule has 1 heterocycles. The number of rotatable bonds is 4. The SMILES string of the molecule is CC(C)C(C(=O)O)c1ncc(-c2ccccc2)[nH]1. The van der Waals surface area contributed by atoms with Crippen LogP contribution in [0, 0.1) is 5.92 Å². The molecule has 0 aliphatic rings. The summed E-state index contributed by atoms with van der Waals surface area (Å²) in [5.74, 6) is -0.935.